The standard InChI is InChI=1S/C17H14N2S/c18-12-9-10-19-14-6-2-4-8-17(14)20-16-7-3-1-5-13(16)15(19)11-12/h1-4,6-11H,5,18H2. The second-order valence-corrected chi connectivity index (χ2v) is 6.01. The van der Waals surface area contributed by atoms with Gasteiger partial charge in [-0.05, 0) is 42.4 Å². The van der Waals surface area contributed by atoms with Gasteiger partial charge in [-0.3, -0.25) is 0 Å². The van der Waals surface area contributed by atoms with E-state index in [1.54, 1.807) is 0 Å². The number of para-hydroxylation sites is 1. The van der Waals surface area contributed by atoms with Crippen molar-refractivity contribution >= 4 is 17.4 Å². The lowest BCUT2D eigenvalue weighted by molar-refractivity contribution is 1.08. The average molecular weight is 278 g/mol. The lowest BCUT2D eigenvalue weighted by Gasteiger charge is -2.26. The Bertz CT molecular complexity index is 735. The van der Waals surface area contributed by atoms with Crippen LogP contribution in [-0.2, 0) is 0 Å². The second-order valence-electron chi connectivity index (χ2n) is 4.93. The van der Waals surface area contributed by atoms with Crippen LogP contribution in [0.25, 0.3) is 0 Å². The Kier molecular flexibility index (Phi) is 2.60. The highest BCUT2D eigenvalue weighted by Crippen LogP contribution is 2.47. The SMILES string of the molecule is NC1=CC2=C3CC=CC=C3Sc3ccccc3N2C=C1. The highest BCUT2D eigenvalue weighted by molar-refractivity contribution is 8.03. The summed E-state index contributed by atoms with van der Waals surface area (Å²) in [4.78, 5) is 4.84. The molecule has 0 fully saturated rings. The zero-order valence-corrected chi connectivity index (χ0v) is 11.7. The summed E-state index contributed by atoms with van der Waals surface area (Å²) in [5, 5.41) is 0. The normalized spacial score (nSPS) is 19.7. The van der Waals surface area contributed by atoms with Gasteiger partial charge in [-0.1, -0.05) is 36.0 Å². The number of thioether (sulfide) groups is 1. The first kappa shape index (κ1) is 11.7. The number of anilines is 1. The molecule has 2 heterocycles. The van der Waals surface area contributed by atoms with Crippen LogP contribution in [0.4, 0.5) is 5.69 Å². The van der Waals surface area contributed by atoms with Gasteiger partial charge in [0, 0.05) is 21.7 Å². The molecule has 2 aliphatic heterocycles. The fourth-order valence-electron chi connectivity index (χ4n) is 2.69. The third kappa shape index (κ3) is 1.74. The van der Waals surface area contributed by atoms with Crippen molar-refractivity contribution in [3.05, 3.63) is 82.7 Å². The van der Waals surface area contributed by atoms with Gasteiger partial charge in [-0.2, -0.15) is 0 Å². The van der Waals surface area contributed by atoms with Crippen molar-refractivity contribution in [1.29, 1.82) is 0 Å². The van der Waals surface area contributed by atoms with E-state index in [1.807, 2.05) is 17.8 Å². The minimum Gasteiger partial charge on any atom is -0.399 e. The van der Waals surface area contributed by atoms with Crippen molar-refractivity contribution < 1.29 is 0 Å². The van der Waals surface area contributed by atoms with Gasteiger partial charge in [0.15, 0.2) is 0 Å². The van der Waals surface area contributed by atoms with Gasteiger partial charge in [0.25, 0.3) is 0 Å². The number of rotatable bonds is 0. The van der Waals surface area contributed by atoms with Crippen LogP contribution in [0, 0.1) is 0 Å². The summed E-state index contributed by atoms with van der Waals surface area (Å²) in [7, 11) is 0. The molecule has 0 atom stereocenters. The molecule has 3 heteroatoms. The molecule has 2 N–H and O–H groups in total. The van der Waals surface area contributed by atoms with Crippen molar-refractivity contribution in [1.82, 2.24) is 0 Å². The third-order valence-electron chi connectivity index (χ3n) is 3.64. The van der Waals surface area contributed by atoms with E-state index < -0.39 is 0 Å². The third-order valence-corrected chi connectivity index (χ3v) is 4.80. The van der Waals surface area contributed by atoms with Gasteiger partial charge in [-0.15, -0.1) is 0 Å². The summed E-state index contributed by atoms with van der Waals surface area (Å²) in [6.45, 7) is 0. The Morgan fingerprint density at radius 1 is 1.20 bits per heavy atom. The van der Waals surface area contributed by atoms with E-state index in [4.69, 9.17) is 5.73 Å². The van der Waals surface area contributed by atoms with Gasteiger partial charge in [0.1, 0.15) is 0 Å². The van der Waals surface area contributed by atoms with E-state index in [9.17, 15) is 0 Å². The summed E-state index contributed by atoms with van der Waals surface area (Å²) in [6.07, 6.45) is 13.6. The Morgan fingerprint density at radius 2 is 2.10 bits per heavy atom. The molecule has 3 aliphatic rings. The molecule has 0 amide bonds. The molecule has 0 unspecified atom stereocenters. The maximum Gasteiger partial charge on any atom is 0.0595 e. The lowest BCUT2D eigenvalue weighted by atomic mass is 10.0. The smallest absolute Gasteiger partial charge is 0.0595 e. The van der Waals surface area contributed by atoms with Crippen LogP contribution >= 0.6 is 11.8 Å². The predicted molar refractivity (Wildman–Crippen MR) is 85.1 cm³/mol. The maximum atomic E-state index is 6.00. The molecule has 0 saturated carbocycles. The van der Waals surface area contributed by atoms with Crippen LogP contribution in [0.1, 0.15) is 6.42 Å². The molecule has 0 spiro atoms. The summed E-state index contributed by atoms with van der Waals surface area (Å²) >= 11 is 1.84. The summed E-state index contributed by atoms with van der Waals surface area (Å²) in [5.41, 5.74) is 10.6. The number of hydrogen-bond acceptors (Lipinski definition) is 3. The molecule has 1 aliphatic carbocycles. The molecule has 20 heavy (non-hydrogen) atoms. The van der Waals surface area contributed by atoms with E-state index >= 15 is 0 Å². The molecular formula is C17H14N2S. The minimum absolute atomic E-state index is 0.807. The summed E-state index contributed by atoms with van der Waals surface area (Å²) < 4.78 is 0. The van der Waals surface area contributed by atoms with Crippen molar-refractivity contribution in [2.45, 2.75) is 11.3 Å². The second kappa shape index (κ2) is 4.46. The van der Waals surface area contributed by atoms with E-state index in [0.717, 1.165) is 12.1 Å². The zero-order chi connectivity index (χ0) is 13.5. The Labute approximate surface area is 122 Å². The van der Waals surface area contributed by atoms with Gasteiger partial charge in [-0.25, -0.2) is 0 Å². The van der Waals surface area contributed by atoms with Crippen molar-refractivity contribution in [3.8, 4) is 0 Å². The van der Waals surface area contributed by atoms with Gasteiger partial charge >= 0.3 is 0 Å². The molecule has 1 aromatic carbocycles. The monoisotopic (exact) mass is 278 g/mol. The van der Waals surface area contributed by atoms with E-state index in [2.05, 4.69) is 59.7 Å². The van der Waals surface area contributed by atoms with Crippen LogP contribution in [0.2, 0.25) is 0 Å². The van der Waals surface area contributed by atoms with Crippen LogP contribution in [0.3, 0.4) is 0 Å². The van der Waals surface area contributed by atoms with Crippen LogP contribution in [-0.4, -0.2) is 0 Å². The van der Waals surface area contributed by atoms with Gasteiger partial charge in [0.2, 0.25) is 0 Å². The van der Waals surface area contributed by atoms with E-state index in [1.165, 1.54) is 26.8 Å². The van der Waals surface area contributed by atoms with Gasteiger partial charge in [0.05, 0.1) is 11.4 Å². The van der Waals surface area contributed by atoms with Crippen molar-refractivity contribution in [2.24, 2.45) is 5.73 Å². The molecule has 98 valence electrons. The first-order valence-electron chi connectivity index (χ1n) is 6.65. The topological polar surface area (TPSA) is 29.3 Å². The molecule has 1 aromatic rings. The first-order chi connectivity index (χ1) is 9.83. The zero-order valence-electron chi connectivity index (χ0n) is 10.9. The van der Waals surface area contributed by atoms with Crippen LogP contribution in [0.5, 0.6) is 0 Å². The van der Waals surface area contributed by atoms with Crippen LogP contribution in [0.15, 0.2) is 87.6 Å². The lowest BCUT2D eigenvalue weighted by Crippen LogP contribution is -2.20. The number of allylic oxidation sites excluding steroid dienone is 6. The quantitative estimate of drug-likeness (QED) is 0.775. The molecular weight excluding hydrogens is 264 g/mol. The van der Waals surface area contributed by atoms with Crippen molar-refractivity contribution in [3.63, 3.8) is 0 Å². The maximum absolute atomic E-state index is 6.00. The predicted octanol–water partition coefficient (Wildman–Crippen LogP) is 4.07. The molecule has 0 saturated heterocycles. The highest BCUT2D eigenvalue weighted by Gasteiger charge is 2.25. The number of nitrogens with zero attached hydrogens (tertiary/aromatic N) is 1. The largest absolute Gasteiger partial charge is 0.399 e. The number of hydrogen-bond donors (Lipinski definition) is 1. The number of nitrogens with two attached hydrogens (primary N) is 1. The minimum atomic E-state index is 0.807. The fourth-order valence-corrected chi connectivity index (χ4v) is 3.80. The summed E-state index contributed by atoms with van der Waals surface area (Å²) in [6, 6.07) is 8.51. The molecule has 0 bridgehead atoms. The molecule has 2 nitrogen and oxygen atoms in total. The molecule has 4 rings (SSSR count). The van der Waals surface area contributed by atoms with E-state index in [0.29, 0.717) is 0 Å². The number of benzene rings is 1. The first-order valence-corrected chi connectivity index (χ1v) is 7.46. The van der Waals surface area contributed by atoms with Gasteiger partial charge < -0.3 is 10.6 Å². The molecule has 0 radical (unpaired) electrons. The fraction of sp³-hybridized carbons (Fsp3) is 0.0588. The highest BCUT2D eigenvalue weighted by atomic mass is 32.2. The van der Waals surface area contributed by atoms with Crippen LogP contribution < -0.4 is 10.6 Å². The van der Waals surface area contributed by atoms with E-state index in [-0.39, 0.29) is 0 Å². The molecule has 0 aromatic heterocycles. The Balaban J connectivity index is 1.99. The summed E-state index contributed by atoms with van der Waals surface area (Å²) in [5.74, 6) is 0. The Hall–Kier alpha value is -2.13. The number of fused-ring (bicyclic) bond motifs is 4. The van der Waals surface area contributed by atoms with Crippen molar-refractivity contribution in [2.75, 3.05) is 4.90 Å². The Morgan fingerprint density at radius 3 is 3.05 bits per heavy atom. The average Bonchev–Trinajstić information content (AvgIpc) is 2.61.